The van der Waals surface area contributed by atoms with E-state index in [2.05, 4.69) is 53.4 Å². The van der Waals surface area contributed by atoms with Gasteiger partial charge < -0.3 is 9.64 Å². The van der Waals surface area contributed by atoms with Crippen LogP contribution in [0, 0.1) is 0 Å². The van der Waals surface area contributed by atoms with Gasteiger partial charge >= 0.3 is 0 Å². The first-order chi connectivity index (χ1) is 14.9. The van der Waals surface area contributed by atoms with Crippen molar-refractivity contribution in [1.82, 2.24) is 9.88 Å². The van der Waals surface area contributed by atoms with Crippen molar-refractivity contribution in [1.29, 1.82) is 0 Å². The first-order valence-electron chi connectivity index (χ1n) is 11.7. The molecule has 2 aliphatic rings. The van der Waals surface area contributed by atoms with Crippen LogP contribution < -0.4 is 4.74 Å². The molecule has 1 aromatic heterocycles. The molecule has 0 atom stereocenters. The van der Waals surface area contributed by atoms with Gasteiger partial charge in [-0.2, -0.15) is 0 Å². The van der Waals surface area contributed by atoms with Gasteiger partial charge in [0.1, 0.15) is 5.75 Å². The minimum absolute atomic E-state index is 0.792. The normalized spacial score (nSPS) is 17.1. The molecular weight excluding hydrogens is 368 g/mol. The fourth-order valence-electron chi connectivity index (χ4n) is 4.96. The zero-order valence-corrected chi connectivity index (χ0v) is 17.9. The van der Waals surface area contributed by atoms with Crippen molar-refractivity contribution in [3.63, 3.8) is 0 Å². The van der Waals surface area contributed by atoms with Crippen molar-refractivity contribution in [3.8, 4) is 16.9 Å². The van der Waals surface area contributed by atoms with Gasteiger partial charge in [-0.05, 0) is 99.0 Å². The zero-order valence-electron chi connectivity index (χ0n) is 17.9. The minimum Gasteiger partial charge on any atom is -0.494 e. The van der Waals surface area contributed by atoms with Gasteiger partial charge in [0.2, 0.25) is 0 Å². The lowest BCUT2D eigenvalue weighted by atomic mass is 9.97. The standard InChI is InChI=1S/C27H32N2O/c1-2-8-22-20-25-24(9-6-11-27(25)28-26(22)10-3-1)21-12-14-23(15-13-21)30-19-7-18-29-16-4-5-17-29/h6,9,11-15,20H,1-5,7-8,10,16-19H2. The largest absolute Gasteiger partial charge is 0.494 e. The molecule has 3 aromatic rings. The van der Waals surface area contributed by atoms with Crippen molar-refractivity contribution in [2.45, 2.75) is 51.4 Å². The van der Waals surface area contributed by atoms with E-state index in [1.165, 1.54) is 73.0 Å². The molecule has 0 unspecified atom stereocenters. The van der Waals surface area contributed by atoms with Gasteiger partial charge in [0, 0.05) is 17.6 Å². The second-order valence-corrected chi connectivity index (χ2v) is 8.80. The van der Waals surface area contributed by atoms with Gasteiger partial charge in [-0.15, -0.1) is 0 Å². The Morgan fingerprint density at radius 3 is 2.57 bits per heavy atom. The summed E-state index contributed by atoms with van der Waals surface area (Å²) in [6.07, 6.45) is 9.97. The second kappa shape index (κ2) is 9.18. The predicted octanol–water partition coefficient (Wildman–Crippen LogP) is 6.04. The molecule has 2 heterocycles. The lowest BCUT2D eigenvalue weighted by Gasteiger charge is -2.14. The predicted molar refractivity (Wildman–Crippen MR) is 124 cm³/mol. The Kier molecular flexibility index (Phi) is 5.99. The number of aromatic nitrogens is 1. The number of likely N-dealkylation sites (tertiary alicyclic amines) is 1. The number of ether oxygens (including phenoxy) is 1. The molecule has 0 radical (unpaired) electrons. The Bertz CT molecular complexity index is 990. The summed E-state index contributed by atoms with van der Waals surface area (Å²) in [6.45, 7) is 4.47. The van der Waals surface area contributed by atoms with Gasteiger partial charge in [-0.25, -0.2) is 0 Å². The smallest absolute Gasteiger partial charge is 0.119 e. The minimum atomic E-state index is 0.792. The number of nitrogens with zero attached hydrogens (tertiary/aromatic N) is 2. The molecule has 5 rings (SSSR count). The molecular formula is C27H32N2O. The van der Waals surface area contributed by atoms with Crippen molar-refractivity contribution in [3.05, 3.63) is 59.8 Å². The summed E-state index contributed by atoms with van der Waals surface area (Å²) in [5.41, 5.74) is 6.39. The summed E-state index contributed by atoms with van der Waals surface area (Å²) in [7, 11) is 0. The van der Waals surface area contributed by atoms with Gasteiger partial charge in [0.15, 0.2) is 0 Å². The number of benzene rings is 2. The van der Waals surface area contributed by atoms with Crippen molar-refractivity contribution in [2.75, 3.05) is 26.2 Å². The van der Waals surface area contributed by atoms with Crippen molar-refractivity contribution in [2.24, 2.45) is 0 Å². The van der Waals surface area contributed by atoms with E-state index in [9.17, 15) is 0 Å². The monoisotopic (exact) mass is 400 g/mol. The molecule has 2 aromatic carbocycles. The third kappa shape index (κ3) is 4.37. The van der Waals surface area contributed by atoms with E-state index >= 15 is 0 Å². The number of rotatable bonds is 6. The van der Waals surface area contributed by atoms with Crippen LogP contribution in [0.3, 0.4) is 0 Å². The number of hydrogen-bond acceptors (Lipinski definition) is 3. The quantitative estimate of drug-likeness (QED) is 0.373. The van der Waals surface area contributed by atoms with Crippen LogP contribution in [-0.4, -0.2) is 36.1 Å². The lowest BCUT2D eigenvalue weighted by Crippen LogP contribution is -2.21. The van der Waals surface area contributed by atoms with E-state index in [4.69, 9.17) is 9.72 Å². The molecule has 0 bridgehead atoms. The van der Waals surface area contributed by atoms with Crippen molar-refractivity contribution >= 4 is 10.9 Å². The Morgan fingerprint density at radius 2 is 1.70 bits per heavy atom. The van der Waals surface area contributed by atoms with Gasteiger partial charge in [0.25, 0.3) is 0 Å². The number of aryl methyl sites for hydroxylation is 2. The Labute approximate surface area is 180 Å². The van der Waals surface area contributed by atoms with E-state index in [0.717, 1.165) is 43.7 Å². The third-order valence-corrected chi connectivity index (χ3v) is 6.64. The van der Waals surface area contributed by atoms with Crippen LogP contribution in [0.5, 0.6) is 5.75 Å². The number of hydrogen-bond donors (Lipinski definition) is 0. The summed E-state index contributed by atoms with van der Waals surface area (Å²) in [4.78, 5) is 7.58. The first-order valence-corrected chi connectivity index (χ1v) is 11.7. The van der Waals surface area contributed by atoms with Crippen LogP contribution in [0.2, 0.25) is 0 Å². The Hall–Kier alpha value is -2.39. The van der Waals surface area contributed by atoms with E-state index in [0.29, 0.717) is 0 Å². The zero-order chi connectivity index (χ0) is 20.2. The highest BCUT2D eigenvalue weighted by Crippen LogP contribution is 2.32. The fraction of sp³-hybridized carbons (Fsp3) is 0.444. The average Bonchev–Trinajstić information content (AvgIpc) is 3.20. The summed E-state index contributed by atoms with van der Waals surface area (Å²) >= 11 is 0. The van der Waals surface area contributed by atoms with Gasteiger partial charge in [-0.3, -0.25) is 4.98 Å². The summed E-state index contributed by atoms with van der Waals surface area (Å²) in [6, 6.07) is 17.5. The summed E-state index contributed by atoms with van der Waals surface area (Å²) < 4.78 is 5.99. The van der Waals surface area contributed by atoms with E-state index < -0.39 is 0 Å². The van der Waals surface area contributed by atoms with Gasteiger partial charge in [0.05, 0.1) is 12.1 Å². The molecule has 0 spiro atoms. The Morgan fingerprint density at radius 1 is 0.867 bits per heavy atom. The molecule has 1 aliphatic heterocycles. The lowest BCUT2D eigenvalue weighted by molar-refractivity contribution is 0.263. The van der Waals surface area contributed by atoms with Gasteiger partial charge in [-0.1, -0.05) is 30.7 Å². The summed E-state index contributed by atoms with van der Waals surface area (Å²) in [5, 5.41) is 1.28. The highest BCUT2D eigenvalue weighted by Gasteiger charge is 2.13. The molecule has 0 N–H and O–H groups in total. The van der Waals surface area contributed by atoms with Crippen LogP contribution in [0.15, 0.2) is 48.5 Å². The molecule has 3 heteroatoms. The van der Waals surface area contributed by atoms with E-state index in [-0.39, 0.29) is 0 Å². The topological polar surface area (TPSA) is 25.4 Å². The molecule has 30 heavy (non-hydrogen) atoms. The number of fused-ring (bicyclic) bond motifs is 2. The molecule has 156 valence electrons. The molecule has 0 saturated carbocycles. The average molecular weight is 401 g/mol. The molecule has 1 saturated heterocycles. The first kappa shape index (κ1) is 19.6. The third-order valence-electron chi connectivity index (χ3n) is 6.64. The Balaban J connectivity index is 1.30. The van der Waals surface area contributed by atoms with Crippen LogP contribution in [0.4, 0.5) is 0 Å². The van der Waals surface area contributed by atoms with Crippen LogP contribution in [0.1, 0.15) is 49.8 Å². The maximum absolute atomic E-state index is 5.99. The molecule has 1 fully saturated rings. The number of pyridine rings is 1. The second-order valence-electron chi connectivity index (χ2n) is 8.80. The highest BCUT2D eigenvalue weighted by molar-refractivity contribution is 5.95. The van der Waals surface area contributed by atoms with Crippen LogP contribution in [0.25, 0.3) is 22.0 Å². The maximum atomic E-state index is 5.99. The van der Waals surface area contributed by atoms with Crippen LogP contribution >= 0.6 is 0 Å². The van der Waals surface area contributed by atoms with Crippen LogP contribution in [-0.2, 0) is 12.8 Å². The SMILES string of the molecule is c1cc(-c2ccc(OCCCN3CCCC3)cc2)c2cc3c(nc2c1)CCCCC3. The fourth-order valence-corrected chi connectivity index (χ4v) is 4.96. The molecule has 1 aliphatic carbocycles. The maximum Gasteiger partial charge on any atom is 0.119 e. The highest BCUT2D eigenvalue weighted by atomic mass is 16.5. The van der Waals surface area contributed by atoms with Crippen molar-refractivity contribution < 1.29 is 4.74 Å². The molecule has 0 amide bonds. The molecule has 3 nitrogen and oxygen atoms in total. The van der Waals surface area contributed by atoms with E-state index in [1.807, 2.05) is 0 Å². The van der Waals surface area contributed by atoms with E-state index in [1.54, 1.807) is 0 Å². The summed E-state index contributed by atoms with van der Waals surface area (Å²) in [5.74, 6) is 0.965.